The van der Waals surface area contributed by atoms with Crippen LogP contribution in [0, 0.1) is 0 Å². The first-order valence-electron chi connectivity index (χ1n) is 10.5. The Morgan fingerprint density at radius 1 is 1.22 bits per heavy atom. The summed E-state index contributed by atoms with van der Waals surface area (Å²) in [7, 11) is 0. The lowest BCUT2D eigenvalue weighted by atomic mass is 10.1. The molecule has 1 unspecified atom stereocenters. The van der Waals surface area contributed by atoms with Gasteiger partial charge < -0.3 is 15.8 Å². The van der Waals surface area contributed by atoms with Gasteiger partial charge in [0.05, 0.1) is 11.4 Å². The van der Waals surface area contributed by atoms with Crippen LogP contribution in [0.5, 0.6) is 5.75 Å². The van der Waals surface area contributed by atoms with E-state index in [1.807, 2.05) is 0 Å². The smallest absolute Gasteiger partial charge is 0.328 e. The number of nitrogens with two attached hydrogens (primary N) is 1. The van der Waals surface area contributed by atoms with Crippen molar-refractivity contribution in [1.29, 1.82) is 0 Å². The van der Waals surface area contributed by atoms with E-state index in [0.717, 1.165) is 0 Å². The number of H-pyrrole nitrogens is 1. The van der Waals surface area contributed by atoms with E-state index in [1.165, 1.54) is 18.2 Å². The fourth-order valence-electron chi connectivity index (χ4n) is 3.41. The van der Waals surface area contributed by atoms with E-state index in [0.29, 0.717) is 22.0 Å². The van der Waals surface area contributed by atoms with Gasteiger partial charge in [-0.25, -0.2) is 13.5 Å². The summed E-state index contributed by atoms with van der Waals surface area (Å²) in [5.74, 6) is -0.470. The van der Waals surface area contributed by atoms with Crippen LogP contribution in [0.3, 0.4) is 0 Å². The SMILES string of the molecule is NC(=O)c1c(Nc2ccccn2)n[nH]c1-c1ccc(N(C(F)F)S(=O)O)c(OCc2ccc(Cl)cc2)c1. The number of amides is 1. The molecule has 0 fully saturated rings. The second-order valence-corrected chi connectivity index (χ2v) is 8.75. The number of carbonyl (C=O) groups is 1. The van der Waals surface area contributed by atoms with Crippen molar-refractivity contribution in [3.05, 3.63) is 83.0 Å². The number of ether oxygens (including phenoxy) is 1. The number of nitrogens with one attached hydrogen (secondary N) is 2. The number of rotatable bonds is 10. The third kappa shape index (κ3) is 6.02. The maximum Gasteiger partial charge on any atom is 0.328 e. The summed E-state index contributed by atoms with van der Waals surface area (Å²) in [6, 6.07) is 15.6. The summed E-state index contributed by atoms with van der Waals surface area (Å²) in [5.41, 5.74) is 6.38. The molecule has 0 radical (unpaired) electrons. The van der Waals surface area contributed by atoms with Crippen molar-refractivity contribution in [2.24, 2.45) is 5.73 Å². The molecule has 192 valence electrons. The lowest BCUT2D eigenvalue weighted by Gasteiger charge is -2.22. The van der Waals surface area contributed by atoms with E-state index in [9.17, 15) is 22.3 Å². The summed E-state index contributed by atoms with van der Waals surface area (Å²) in [4.78, 5) is 16.4. The molecule has 0 bridgehead atoms. The monoisotopic (exact) mass is 548 g/mol. The Balaban J connectivity index is 1.75. The van der Waals surface area contributed by atoms with Crippen LogP contribution in [0.2, 0.25) is 5.02 Å². The van der Waals surface area contributed by atoms with Crippen molar-refractivity contribution in [1.82, 2.24) is 15.2 Å². The highest BCUT2D eigenvalue weighted by molar-refractivity contribution is 7.80. The number of halogens is 3. The van der Waals surface area contributed by atoms with Crippen LogP contribution in [0.1, 0.15) is 15.9 Å². The van der Waals surface area contributed by atoms with Crippen LogP contribution in [0.15, 0.2) is 66.9 Å². The third-order valence-corrected chi connectivity index (χ3v) is 6.01. The number of anilines is 3. The van der Waals surface area contributed by atoms with Crippen molar-refractivity contribution in [3.8, 4) is 17.0 Å². The largest absolute Gasteiger partial charge is 0.487 e. The highest BCUT2D eigenvalue weighted by Gasteiger charge is 2.28. The van der Waals surface area contributed by atoms with Gasteiger partial charge >= 0.3 is 6.55 Å². The Morgan fingerprint density at radius 3 is 2.59 bits per heavy atom. The molecule has 0 saturated carbocycles. The molecular formula is C23H19ClF2N6O4S. The normalized spacial score (nSPS) is 11.8. The lowest BCUT2D eigenvalue weighted by molar-refractivity contribution is 0.100. The van der Waals surface area contributed by atoms with Crippen LogP contribution >= 0.6 is 11.6 Å². The second kappa shape index (κ2) is 11.3. The molecule has 1 amide bonds. The van der Waals surface area contributed by atoms with Crippen molar-refractivity contribution < 1.29 is 27.1 Å². The van der Waals surface area contributed by atoms with Crippen molar-refractivity contribution in [3.63, 3.8) is 0 Å². The highest BCUT2D eigenvalue weighted by Crippen LogP contribution is 2.37. The first kappa shape index (κ1) is 26.0. The number of nitrogens with zero attached hydrogens (tertiary/aromatic N) is 3. The molecule has 5 N–H and O–H groups in total. The molecular weight excluding hydrogens is 530 g/mol. The molecule has 14 heteroatoms. The Kier molecular flexibility index (Phi) is 7.96. The number of carbonyl (C=O) groups excluding carboxylic acids is 1. The zero-order valence-electron chi connectivity index (χ0n) is 18.8. The summed E-state index contributed by atoms with van der Waals surface area (Å²) in [6.45, 7) is -3.38. The van der Waals surface area contributed by atoms with Gasteiger partial charge in [0.1, 0.15) is 23.7 Å². The predicted octanol–water partition coefficient (Wildman–Crippen LogP) is 4.71. The Bertz CT molecular complexity index is 1420. The summed E-state index contributed by atoms with van der Waals surface area (Å²) >= 11 is 2.85. The Morgan fingerprint density at radius 2 is 1.97 bits per heavy atom. The van der Waals surface area contributed by atoms with Gasteiger partial charge in [-0.2, -0.15) is 13.9 Å². The van der Waals surface area contributed by atoms with Crippen LogP contribution < -0.4 is 20.1 Å². The minimum Gasteiger partial charge on any atom is -0.487 e. The number of benzene rings is 2. The summed E-state index contributed by atoms with van der Waals surface area (Å²) in [5, 5.41) is 10.2. The van der Waals surface area contributed by atoms with Crippen molar-refractivity contribution >= 4 is 46.1 Å². The van der Waals surface area contributed by atoms with Crippen LogP contribution in [0.4, 0.5) is 26.1 Å². The molecule has 10 nitrogen and oxygen atoms in total. The highest BCUT2D eigenvalue weighted by atomic mass is 35.5. The van der Waals surface area contributed by atoms with Gasteiger partial charge in [0, 0.05) is 16.8 Å². The molecule has 0 aliphatic rings. The third-order valence-electron chi connectivity index (χ3n) is 5.06. The average Bonchev–Trinajstić information content (AvgIpc) is 3.28. The molecule has 1 atom stereocenters. The number of pyridine rings is 1. The molecule has 2 heterocycles. The average molecular weight is 549 g/mol. The molecule has 37 heavy (non-hydrogen) atoms. The van der Waals surface area contributed by atoms with Crippen LogP contribution in [-0.2, 0) is 17.9 Å². The number of hydrogen-bond donors (Lipinski definition) is 4. The van der Waals surface area contributed by atoms with Gasteiger partial charge in [0.25, 0.3) is 17.2 Å². The van der Waals surface area contributed by atoms with Gasteiger partial charge in [0.2, 0.25) is 0 Å². The van der Waals surface area contributed by atoms with E-state index in [1.54, 1.807) is 48.7 Å². The van der Waals surface area contributed by atoms with Gasteiger partial charge in [-0.1, -0.05) is 35.9 Å². The van der Waals surface area contributed by atoms with Gasteiger partial charge in [-0.15, -0.1) is 0 Å². The number of alkyl halides is 2. The molecule has 0 spiro atoms. The molecule has 0 saturated heterocycles. The number of aromatic nitrogens is 3. The predicted molar refractivity (Wildman–Crippen MR) is 135 cm³/mol. The summed E-state index contributed by atoms with van der Waals surface area (Å²) in [6.07, 6.45) is 1.54. The quantitative estimate of drug-likeness (QED) is 0.166. The van der Waals surface area contributed by atoms with Gasteiger partial charge in [0.15, 0.2) is 5.82 Å². The molecule has 2 aromatic heterocycles. The summed E-state index contributed by atoms with van der Waals surface area (Å²) < 4.78 is 54.2. The lowest BCUT2D eigenvalue weighted by Crippen LogP contribution is -2.30. The van der Waals surface area contributed by atoms with Gasteiger partial charge in [-0.3, -0.25) is 14.4 Å². The fraction of sp³-hybridized carbons (Fsp3) is 0.0870. The zero-order chi connectivity index (χ0) is 26.5. The minimum absolute atomic E-state index is 0.0153. The Labute approximate surface area is 216 Å². The first-order valence-corrected chi connectivity index (χ1v) is 11.9. The maximum atomic E-state index is 13.6. The first-order chi connectivity index (χ1) is 17.7. The molecule has 4 aromatic rings. The van der Waals surface area contributed by atoms with Crippen molar-refractivity contribution in [2.45, 2.75) is 13.2 Å². The second-order valence-electron chi connectivity index (χ2n) is 7.46. The minimum atomic E-state index is -3.31. The molecule has 2 aromatic carbocycles. The fourth-order valence-corrected chi connectivity index (χ4v) is 3.99. The zero-order valence-corrected chi connectivity index (χ0v) is 20.3. The van der Waals surface area contributed by atoms with E-state index in [2.05, 4.69) is 20.5 Å². The molecule has 4 rings (SSSR count). The molecule has 0 aliphatic heterocycles. The van der Waals surface area contributed by atoms with E-state index in [4.69, 9.17) is 22.1 Å². The van der Waals surface area contributed by atoms with Crippen LogP contribution in [-0.4, -0.2) is 36.4 Å². The topological polar surface area (TPSA) is 146 Å². The van der Waals surface area contributed by atoms with Gasteiger partial charge in [-0.05, 0) is 42.0 Å². The molecule has 0 aliphatic carbocycles. The Hall–Kier alpha value is -4.07. The van der Waals surface area contributed by atoms with Crippen LogP contribution in [0.25, 0.3) is 11.3 Å². The number of aromatic amines is 1. The standard InChI is InChI=1S/C23H19ClF2N6O4S/c24-15-7-4-13(5-8-15)12-36-17-11-14(6-9-16(17)32(23(25)26)37(34)35)20-19(21(27)33)22(31-30-20)29-18-3-1-2-10-28-18/h1-11,23H,12H2,(H2,27,33)(H,34,35)(H2,28,29,30,31). The van der Waals surface area contributed by atoms with E-state index in [-0.39, 0.29) is 39.4 Å². The maximum absolute atomic E-state index is 13.6. The van der Waals surface area contributed by atoms with Crippen molar-refractivity contribution in [2.75, 3.05) is 9.62 Å². The number of primary amides is 1. The number of hydrogen-bond acceptors (Lipinski definition) is 6. The van der Waals surface area contributed by atoms with E-state index < -0.39 is 23.7 Å². The van der Waals surface area contributed by atoms with E-state index >= 15 is 0 Å².